The molecule has 0 bridgehead atoms. The summed E-state index contributed by atoms with van der Waals surface area (Å²) in [7, 11) is 0. The Morgan fingerprint density at radius 2 is 1.65 bits per heavy atom. The standard InChI is InChI=1S/C30H39N5O2/c1-30(2,3)26-13-11-24(12-14-26)28-31-27(37-32-28)22-34-15-7-10-25(21-34)29(36)35-18-16-33(17-19-35)20-23-8-5-4-6-9-23/h4-6,8-9,11-14,25H,7,10,15-22H2,1-3H3. The number of amides is 1. The van der Waals surface area contributed by atoms with E-state index in [1.165, 1.54) is 11.1 Å². The van der Waals surface area contributed by atoms with Crippen LogP contribution < -0.4 is 0 Å². The van der Waals surface area contributed by atoms with Crippen LogP contribution in [-0.2, 0) is 23.3 Å². The van der Waals surface area contributed by atoms with Crippen molar-refractivity contribution in [1.29, 1.82) is 0 Å². The fourth-order valence-corrected chi connectivity index (χ4v) is 5.37. The van der Waals surface area contributed by atoms with Crippen molar-refractivity contribution in [2.75, 3.05) is 39.3 Å². The minimum atomic E-state index is 0.0433. The molecule has 1 atom stereocenters. The van der Waals surface area contributed by atoms with Crippen LogP contribution in [0.15, 0.2) is 59.1 Å². The van der Waals surface area contributed by atoms with Gasteiger partial charge >= 0.3 is 0 Å². The van der Waals surface area contributed by atoms with E-state index in [2.05, 4.69) is 100 Å². The molecule has 2 aliphatic rings. The van der Waals surface area contributed by atoms with Gasteiger partial charge in [0.15, 0.2) is 0 Å². The fourth-order valence-electron chi connectivity index (χ4n) is 5.37. The number of rotatable bonds is 6. The normalized spacial score (nSPS) is 19.8. The van der Waals surface area contributed by atoms with Gasteiger partial charge < -0.3 is 9.42 Å². The maximum Gasteiger partial charge on any atom is 0.241 e. The molecular formula is C30H39N5O2. The maximum atomic E-state index is 13.3. The molecule has 2 aliphatic heterocycles. The minimum Gasteiger partial charge on any atom is -0.340 e. The van der Waals surface area contributed by atoms with Gasteiger partial charge in [-0.3, -0.25) is 14.6 Å². The molecule has 0 spiro atoms. The molecule has 2 saturated heterocycles. The van der Waals surface area contributed by atoms with Crippen LogP contribution in [0.1, 0.15) is 50.6 Å². The molecule has 5 rings (SSSR count). The number of piperazine rings is 1. The van der Waals surface area contributed by atoms with Crippen LogP contribution >= 0.6 is 0 Å². The maximum absolute atomic E-state index is 13.3. The summed E-state index contributed by atoms with van der Waals surface area (Å²) in [6.07, 6.45) is 1.97. The molecule has 37 heavy (non-hydrogen) atoms. The topological polar surface area (TPSA) is 65.7 Å². The van der Waals surface area contributed by atoms with E-state index in [1.807, 2.05) is 0 Å². The number of aromatic nitrogens is 2. The van der Waals surface area contributed by atoms with Gasteiger partial charge in [0.25, 0.3) is 0 Å². The molecule has 196 valence electrons. The van der Waals surface area contributed by atoms with Gasteiger partial charge in [-0.2, -0.15) is 4.98 Å². The lowest BCUT2D eigenvalue weighted by atomic mass is 9.87. The first-order valence-electron chi connectivity index (χ1n) is 13.6. The molecule has 7 heteroatoms. The minimum absolute atomic E-state index is 0.0433. The van der Waals surface area contributed by atoms with Gasteiger partial charge in [0.2, 0.25) is 17.6 Å². The van der Waals surface area contributed by atoms with E-state index in [1.54, 1.807) is 0 Å². The molecule has 0 aliphatic carbocycles. The van der Waals surface area contributed by atoms with Crippen LogP contribution in [0, 0.1) is 5.92 Å². The van der Waals surface area contributed by atoms with Crippen molar-refractivity contribution in [2.24, 2.45) is 5.92 Å². The Bertz CT molecular complexity index is 1160. The highest BCUT2D eigenvalue weighted by Gasteiger charge is 2.31. The zero-order chi connectivity index (χ0) is 25.8. The predicted octanol–water partition coefficient (Wildman–Crippen LogP) is 4.59. The van der Waals surface area contributed by atoms with Crippen molar-refractivity contribution in [3.63, 3.8) is 0 Å². The number of hydrogen-bond acceptors (Lipinski definition) is 6. The number of hydrogen-bond donors (Lipinski definition) is 0. The molecule has 0 saturated carbocycles. The Labute approximate surface area is 220 Å². The van der Waals surface area contributed by atoms with Gasteiger partial charge in [-0.15, -0.1) is 0 Å². The molecule has 1 amide bonds. The highest BCUT2D eigenvalue weighted by atomic mass is 16.5. The molecule has 7 nitrogen and oxygen atoms in total. The van der Waals surface area contributed by atoms with E-state index in [0.717, 1.165) is 64.2 Å². The highest BCUT2D eigenvalue weighted by molar-refractivity contribution is 5.79. The van der Waals surface area contributed by atoms with Crippen LogP contribution in [0.4, 0.5) is 0 Å². The van der Waals surface area contributed by atoms with Crippen molar-refractivity contribution in [2.45, 2.75) is 52.1 Å². The Kier molecular flexibility index (Phi) is 7.72. The first-order valence-corrected chi connectivity index (χ1v) is 13.6. The first kappa shape index (κ1) is 25.6. The number of likely N-dealkylation sites (tertiary alicyclic amines) is 1. The average molecular weight is 502 g/mol. The molecule has 3 heterocycles. The molecule has 1 unspecified atom stereocenters. The van der Waals surface area contributed by atoms with Crippen molar-refractivity contribution < 1.29 is 9.32 Å². The van der Waals surface area contributed by atoms with Crippen molar-refractivity contribution in [1.82, 2.24) is 24.8 Å². The van der Waals surface area contributed by atoms with E-state index in [0.29, 0.717) is 24.2 Å². The van der Waals surface area contributed by atoms with Gasteiger partial charge in [0.1, 0.15) is 0 Å². The number of benzene rings is 2. The molecular weight excluding hydrogens is 462 g/mol. The second-order valence-corrected chi connectivity index (χ2v) is 11.5. The van der Waals surface area contributed by atoms with Crippen LogP contribution in [0.2, 0.25) is 0 Å². The zero-order valence-electron chi connectivity index (χ0n) is 22.4. The Morgan fingerprint density at radius 1 is 0.919 bits per heavy atom. The van der Waals surface area contributed by atoms with Crippen molar-refractivity contribution in [3.8, 4) is 11.4 Å². The lowest BCUT2D eigenvalue weighted by Gasteiger charge is -2.38. The summed E-state index contributed by atoms with van der Waals surface area (Å²) < 4.78 is 5.59. The SMILES string of the molecule is CC(C)(C)c1ccc(-c2noc(CN3CCCC(C(=O)N4CCN(Cc5ccccc5)CC4)C3)n2)cc1. The smallest absolute Gasteiger partial charge is 0.241 e. The van der Waals surface area contributed by atoms with E-state index < -0.39 is 0 Å². The van der Waals surface area contributed by atoms with Crippen LogP contribution in [0.3, 0.4) is 0 Å². The lowest BCUT2D eigenvalue weighted by molar-refractivity contribution is -0.139. The number of carbonyl (C=O) groups excluding carboxylic acids is 1. The molecule has 2 fully saturated rings. The Balaban J connectivity index is 1.12. The first-order chi connectivity index (χ1) is 17.8. The quantitative estimate of drug-likeness (QED) is 0.492. The lowest BCUT2D eigenvalue weighted by Crippen LogP contribution is -2.52. The molecule has 3 aromatic rings. The summed E-state index contributed by atoms with van der Waals surface area (Å²) in [6, 6.07) is 19.0. The monoisotopic (exact) mass is 501 g/mol. The summed E-state index contributed by atoms with van der Waals surface area (Å²) in [5, 5.41) is 4.22. The van der Waals surface area contributed by atoms with E-state index in [-0.39, 0.29) is 11.3 Å². The summed E-state index contributed by atoms with van der Waals surface area (Å²) in [5.41, 5.74) is 3.68. The third kappa shape index (κ3) is 6.46. The molecule has 1 aromatic heterocycles. The van der Waals surface area contributed by atoms with Gasteiger partial charge in [-0.1, -0.05) is 80.5 Å². The third-order valence-electron chi connectivity index (χ3n) is 7.62. The van der Waals surface area contributed by atoms with Crippen LogP contribution in [0.5, 0.6) is 0 Å². The highest BCUT2D eigenvalue weighted by Crippen LogP contribution is 2.26. The van der Waals surface area contributed by atoms with Crippen LogP contribution in [0.25, 0.3) is 11.4 Å². The number of carbonyl (C=O) groups is 1. The van der Waals surface area contributed by atoms with Gasteiger partial charge in [0, 0.05) is 44.8 Å². The van der Waals surface area contributed by atoms with Gasteiger partial charge in [-0.25, -0.2) is 0 Å². The van der Waals surface area contributed by atoms with Gasteiger partial charge in [-0.05, 0) is 35.9 Å². The summed E-state index contributed by atoms with van der Waals surface area (Å²) in [4.78, 5) is 24.8. The fraction of sp³-hybridized carbons (Fsp3) is 0.500. The molecule has 0 N–H and O–H groups in total. The Hall–Kier alpha value is -3.03. The van der Waals surface area contributed by atoms with Crippen molar-refractivity contribution >= 4 is 5.91 Å². The summed E-state index contributed by atoms with van der Waals surface area (Å²) in [5.74, 6) is 1.57. The zero-order valence-corrected chi connectivity index (χ0v) is 22.4. The largest absolute Gasteiger partial charge is 0.340 e. The van der Waals surface area contributed by atoms with E-state index in [9.17, 15) is 4.79 Å². The Morgan fingerprint density at radius 3 is 2.35 bits per heavy atom. The number of nitrogens with zero attached hydrogens (tertiary/aromatic N) is 5. The third-order valence-corrected chi connectivity index (χ3v) is 7.62. The second kappa shape index (κ2) is 11.2. The average Bonchev–Trinajstić information content (AvgIpc) is 3.37. The van der Waals surface area contributed by atoms with Gasteiger partial charge in [0.05, 0.1) is 12.5 Å². The summed E-state index contributed by atoms with van der Waals surface area (Å²) >= 11 is 0. The molecule has 2 aromatic carbocycles. The van der Waals surface area contributed by atoms with Crippen LogP contribution in [-0.4, -0.2) is 70.0 Å². The second-order valence-electron chi connectivity index (χ2n) is 11.5. The molecule has 0 radical (unpaired) electrons. The van der Waals surface area contributed by atoms with E-state index >= 15 is 0 Å². The number of piperidine rings is 1. The van der Waals surface area contributed by atoms with E-state index in [4.69, 9.17) is 4.52 Å². The predicted molar refractivity (Wildman–Crippen MR) is 145 cm³/mol. The van der Waals surface area contributed by atoms with Crippen molar-refractivity contribution in [3.05, 3.63) is 71.6 Å². The summed E-state index contributed by atoms with van der Waals surface area (Å²) in [6.45, 7) is 13.3.